The van der Waals surface area contributed by atoms with Gasteiger partial charge in [-0.3, -0.25) is 0 Å². The van der Waals surface area contributed by atoms with Gasteiger partial charge in [-0.1, -0.05) is 0 Å². The van der Waals surface area contributed by atoms with Gasteiger partial charge in [-0.25, -0.2) is 8.78 Å². The van der Waals surface area contributed by atoms with Gasteiger partial charge in [-0.05, 0) is 36.4 Å². The largest absolute Gasteiger partial charge is 0.493 e. The summed E-state index contributed by atoms with van der Waals surface area (Å²) in [7, 11) is 0. The first-order chi connectivity index (χ1) is 9.65. The summed E-state index contributed by atoms with van der Waals surface area (Å²) in [5.74, 6) is -0.487. The molecule has 5 heteroatoms. The number of hydrogen-bond donors (Lipinski definition) is 1. The smallest absolute Gasteiger partial charge is 0.165 e. The van der Waals surface area contributed by atoms with Gasteiger partial charge in [0.15, 0.2) is 11.6 Å². The van der Waals surface area contributed by atoms with Crippen LogP contribution in [0, 0.1) is 11.6 Å². The van der Waals surface area contributed by atoms with Gasteiger partial charge in [0, 0.05) is 18.2 Å². The van der Waals surface area contributed by atoms with E-state index in [9.17, 15) is 8.78 Å². The second-order valence-corrected chi connectivity index (χ2v) is 4.19. The molecule has 0 bridgehead atoms. The number of benzene rings is 2. The summed E-state index contributed by atoms with van der Waals surface area (Å²) < 4.78 is 36.8. The first-order valence-corrected chi connectivity index (χ1v) is 6.21. The topological polar surface area (TPSA) is 44.5 Å². The van der Waals surface area contributed by atoms with Crippen LogP contribution in [0.25, 0.3) is 0 Å². The molecule has 0 spiro atoms. The van der Waals surface area contributed by atoms with Gasteiger partial charge in [0.2, 0.25) is 0 Å². The summed E-state index contributed by atoms with van der Waals surface area (Å²) in [5, 5.41) is 0. The highest BCUT2D eigenvalue weighted by atomic mass is 19.1. The van der Waals surface area contributed by atoms with Crippen LogP contribution in [0.3, 0.4) is 0 Å². The Kier molecular flexibility index (Phi) is 4.76. The fraction of sp³-hybridized carbons (Fsp3) is 0.200. The SMILES string of the molecule is Nc1ccc(OCCCOc2cc(F)ccc2F)cc1. The molecule has 20 heavy (non-hydrogen) atoms. The monoisotopic (exact) mass is 279 g/mol. The standard InChI is InChI=1S/C15H15F2NO2/c16-11-2-7-14(17)15(10-11)20-9-1-8-19-13-5-3-12(18)4-6-13/h2-7,10H,1,8-9,18H2. The first-order valence-electron chi connectivity index (χ1n) is 6.21. The normalized spacial score (nSPS) is 10.3. The van der Waals surface area contributed by atoms with Gasteiger partial charge in [-0.15, -0.1) is 0 Å². The maximum atomic E-state index is 13.2. The van der Waals surface area contributed by atoms with Crippen molar-refractivity contribution >= 4 is 5.69 Å². The lowest BCUT2D eigenvalue weighted by Gasteiger charge is -2.09. The lowest BCUT2D eigenvalue weighted by atomic mass is 10.3. The number of hydrogen-bond acceptors (Lipinski definition) is 3. The Balaban J connectivity index is 1.71. The van der Waals surface area contributed by atoms with Crippen molar-refractivity contribution in [1.29, 1.82) is 0 Å². The number of halogens is 2. The molecule has 0 saturated heterocycles. The number of anilines is 1. The van der Waals surface area contributed by atoms with E-state index < -0.39 is 11.6 Å². The molecular formula is C15H15F2NO2. The third-order valence-electron chi connectivity index (χ3n) is 2.59. The molecule has 0 aliphatic carbocycles. The molecule has 2 aromatic carbocycles. The highest BCUT2D eigenvalue weighted by Gasteiger charge is 2.04. The predicted octanol–water partition coefficient (Wildman–Crippen LogP) is 3.39. The van der Waals surface area contributed by atoms with Gasteiger partial charge in [-0.2, -0.15) is 0 Å². The van der Waals surface area contributed by atoms with Crippen LogP contribution >= 0.6 is 0 Å². The third kappa shape index (κ3) is 4.12. The average molecular weight is 279 g/mol. The summed E-state index contributed by atoms with van der Waals surface area (Å²) >= 11 is 0. The number of rotatable bonds is 6. The molecular weight excluding hydrogens is 264 g/mol. The summed E-state index contributed by atoms with van der Waals surface area (Å²) in [4.78, 5) is 0. The lowest BCUT2D eigenvalue weighted by molar-refractivity contribution is 0.240. The van der Waals surface area contributed by atoms with Gasteiger partial charge >= 0.3 is 0 Å². The lowest BCUT2D eigenvalue weighted by Crippen LogP contribution is -2.06. The first kappa shape index (κ1) is 14.1. The van der Waals surface area contributed by atoms with E-state index in [1.807, 2.05) is 0 Å². The predicted molar refractivity (Wildman–Crippen MR) is 72.8 cm³/mol. The van der Waals surface area contributed by atoms with E-state index in [1.165, 1.54) is 0 Å². The second kappa shape index (κ2) is 6.75. The number of ether oxygens (including phenoxy) is 2. The van der Waals surface area contributed by atoms with E-state index in [2.05, 4.69) is 0 Å². The second-order valence-electron chi connectivity index (χ2n) is 4.19. The van der Waals surface area contributed by atoms with Crippen LogP contribution in [0.5, 0.6) is 11.5 Å². The molecule has 2 rings (SSSR count). The van der Waals surface area contributed by atoms with Crippen molar-refractivity contribution in [3.63, 3.8) is 0 Å². The molecule has 0 unspecified atom stereocenters. The van der Waals surface area contributed by atoms with Crippen molar-refractivity contribution in [2.75, 3.05) is 18.9 Å². The quantitative estimate of drug-likeness (QED) is 0.651. The van der Waals surface area contributed by atoms with Crippen molar-refractivity contribution in [1.82, 2.24) is 0 Å². The Morgan fingerprint density at radius 2 is 1.60 bits per heavy atom. The van der Waals surface area contributed by atoms with Crippen molar-refractivity contribution in [3.05, 3.63) is 54.1 Å². The van der Waals surface area contributed by atoms with Crippen LogP contribution in [0.15, 0.2) is 42.5 Å². The van der Waals surface area contributed by atoms with E-state index >= 15 is 0 Å². The third-order valence-corrected chi connectivity index (χ3v) is 2.59. The fourth-order valence-electron chi connectivity index (χ4n) is 1.58. The Morgan fingerprint density at radius 1 is 0.900 bits per heavy atom. The number of nitrogens with two attached hydrogens (primary N) is 1. The highest BCUT2D eigenvalue weighted by Crippen LogP contribution is 2.18. The zero-order chi connectivity index (χ0) is 14.4. The molecule has 2 N–H and O–H groups in total. The Morgan fingerprint density at radius 3 is 2.35 bits per heavy atom. The summed E-state index contributed by atoms with van der Waals surface area (Å²) in [5.41, 5.74) is 6.22. The molecule has 0 amide bonds. The maximum Gasteiger partial charge on any atom is 0.165 e. The van der Waals surface area contributed by atoms with Crippen LogP contribution < -0.4 is 15.2 Å². The van der Waals surface area contributed by atoms with Gasteiger partial charge in [0.25, 0.3) is 0 Å². The molecule has 0 fully saturated rings. The summed E-state index contributed by atoms with van der Waals surface area (Å²) in [6.07, 6.45) is 0.556. The molecule has 0 radical (unpaired) electrons. The summed E-state index contributed by atoms with van der Waals surface area (Å²) in [6.45, 7) is 0.663. The van der Waals surface area contributed by atoms with Crippen molar-refractivity contribution in [2.45, 2.75) is 6.42 Å². The fourth-order valence-corrected chi connectivity index (χ4v) is 1.58. The zero-order valence-electron chi connectivity index (χ0n) is 10.8. The minimum Gasteiger partial charge on any atom is -0.493 e. The van der Waals surface area contributed by atoms with E-state index in [0.717, 1.165) is 18.2 Å². The molecule has 0 heterocycles. The van der Waals surface area contributed by atoms with Crippen LogP contribution in [0.2, 0.25) is 0 Å². The molecule has 0 aliphatic rings. The van der Waals surface area contributed by atoms with Crippen LogP contribution in [0.1, 0.15) is 6.42 Å². The van der Waals surface area contributed by atoms with Gasteiger partial charge in [0.1, 0.15) is 11.6 Å². The molecule has 3 nitrogen and oxygen atoms in total. The maximum absolute atomic E-state index is 13.2. The van der Waals surface area contributed by atoms with Crippen molar-refractivity contribution < 1.29 is 18.3 Å². The Hall–Kier alpha value is -2.30. The van der Waals surface area contributed by atoms with E-state index in [-0.39, 0.29) is 12.4 Å². The highest BCUT2D eigenvalue weighted by molar-refractivity contribution is 5.41. The van der Waals surface area contributed by atoms with Crippen LogP contribution in [-0.4, -0.2) is 13.2 Å². The Bertz CT molecular complexity index is 558. The van der Waals surface area contributed by atoms with E-state index in [4.69, 9.17) is 15.2 Å². The molecule has 106 valence electrons. The summed E-state index contributed by atoms with van der Waals surface area (Å²) in [6, 6.07) is 10.1. The van der Waals surface area contributed by atoms with E-state index in [0.29, 0.717) is 24.5 Å². The molecule has 0 aromatic heterocycles. The Labute approximate surface area is 115 Å². The zero-order valence-corrected chi connectivity index (χ0v) is 10.8. The molecule has 2 aromatic rings. The van der Waals surface area contributed by atoms with Crippen molar-refractivity contribution in [2.24, 2.45) is 0 Å². The van der Waals surface area contributed by atoms with E-state index in [1.54, 1.807) is 24.3 Å². The van der Waals surface area contributed by atoms with Gasteiger partial charge < -0.3 is 15.2 Å². The molecule has 0 saturated carbocycles. The van der Waals surface area contributed by atoms with Crippen LogP contribution in [0.4, 0.5) is 14.5 Å². The van der Waals surface area contributed by atoms with Crippen molar-refractivity contribution in [3.8, 4) is 11.5 Å². The minimum atomic E-state index is -0.578. The minimum absolute atomic E-state index is 0.0857. The van der Waals surface area contributed by atoms with Gasteiger partial charge in [0.05, 0.1) is 13.2 Å². The number of nitrogen functional groups attached to an aromatic ring is 1. The molecule has 0 atom stereocenters. The van der Waals surface area contributed by atoms with Crippen LogP contribution in [-0.2, 0) is 0 Å². The average Bonchev–Trinajstić information content (AvgIpc) is 2.44. The molecule has 0 aliphatic heterocycles.